The number of benzene rings is 2. The van der Waals surface area contributed by atoms with Crippen LogP contribution in [-0.4, -0.2) is 15.7 Å². The predicted molar refractivity (Wildman–Crippen MR) is 89.8 cm³/mol. The highest BCUT2D eigenvalue weighted by atomic mass is 19.1. The molecular weight excluding hydrogens is 305 g/mol. The molecule has 0 radical (unpaired) electrons. The number of amides is 1. The highest BCUT2D eigenvalue weighted by molar-refractivity contribution is 5.94. The molecule has 4 nitrogen and oxygen atoms in total. The summed E-state index contributed by atoms with van der Waals surface area (Å²) in [6.07, 6.45) is 2.17. The van der Waals surface area contributed by atoms with Crippen molar-refractivity contribution in [3.05, 3.63) is 77.2 Å². The van der Waals surface area contributed by atoms with Gasteiger partial charge in [-0.3, -0.25) is 4.79 Å². The molecule has 0 saturated heterocycles. The summed E-state index contributed by atoms with van der Waals surface area (Å²) in [6, 6.07) is 14.2. The van der Waals surface area contributed by atoms with Crippen molar-refractivity contribution in [1.82, 2.24) is 9.78 Å². The lowest BCUT2D eigenvalue weighted by atomic mass is 9.87. The molecule has 2 aromatic carbocycles. The first-order valence-electron chi connectivity index (χ1n) is 7.82. The number of hydrogen-bond acceptors (Lipinski definition) is 2. The number of anilines is 1. The maximum Gasteiger partial charge on any atom is 0.226 e. The Morgan fingerprint density at radius 2 is 1.83 bits per heavy atom. The highest BCUT2D eigenvalue weighted by Gasteiger charge is 2.30. The van der Waals surface area contributed by atoms with Gasteiger partial charge in [0.15, 0.2) is 0 Å². The van der Waals surface area contributed by atoms with Crippen molar-refractivity contribution in [2.75, 3.05) is 5.32 Å². The fraction of sp³-hybridized carbons (Fsp3) is 0.158. The van der Waals surface area contributed by atoms with Crippen LogP contribution in [0.4, 0.5) is 10.2 Å². The van der Waals surface area contributed by atoms with Gasteiger partial charge in [-0.05, 0) is 36.8 Å². The third-order valence-corrected chi connectivity index (χ3v) is 4.37. The lowest BCUT2D eigenvalue weighted by Crippen LogP contribution is -2.24. The maximum atomic E-state index is 13.1. The summed E-state index contributed by atoms with van der Waals surface area (Å²) in [7, 11) is 0. The standard InChI is InChI=1S/C19H16FN3O/c1-12-2-4-13(5-3-12)16-10-18(24)22-19-17(16)11-21-23(19)15-8-6-14(20)7-9-15/h2-9,11,16H,10H2,1H3,(H,22,24). The number of carbonyl (C=O) groups excluding carboxylic acids is 1. The number of rotatable bonds is 2. The topological polar surface area (TPSA) is 46.9 Å². The van der Waals surface area contributed by atoms with E-state index < -0.39 is 0 Å². The Labute approximate surface area is 138 Å². The molecular formula is C19H16FN3O. The summed E-state index contributed by atoms with van der Waals surface area (Å²) in [5.41, 5.74) is 3.96. The van der Waals surface area contributed by atoms with Gasteiger partial charge in [0.05, 0.1) is 11.9 Å². The quantitative estimate of drug-likeness (QED) is 0.780. The van der Waals surface area contributed by atoms with Gasteiger partial charge in [-0.25, -0.2) is 9.07 Å². The smallest absolute Gasteiger partial charge is 0.226 e. The Kier molecular flexibility index (Phi) is 3.41. The van der Waals surface area contributed by atoms with Crippen molar-refractivity contribution in [2.24, 2.45) is 0 Å². The molecule has 1 aliphatic rings. The normalized spacial score (nSPS) is 16.6. The maximum absolute atomic E-state index is 13.1. The van der Waals surface area contributed by atoms with E-state index in [0.717, 1.165) is 11.1 Å². The number of halogens is 1. The Morgan fingerprint density at radius 3 is 2.54 bits per heavy atom. The Hall–Kier alpha value is -2.95. The molecule has 0 bridgehead atoms. The second-order valence-corrected chi connectivity index (χ2v) is 6.05. The molecule has 4 rings (SSSR count). The van der Waals surface area contributed by atoms with E-state index in [4.69, 9.17) is 0 Å². The summed E-state index contributed by atoms with van der Waals surface area (Å²) in [4.78, 5) is 12.2. The van der Waals surface area contributed by atoms with Crippen LogP contribution in [0.1, 0.15) is 29.0 Å². The lowest BCUT2D eigenvalue weighted by Gasteiger charge is -2.24. The molecule has 1 atom stereocenters. The number of nitrogens with zero attached hydrogens (tertiary/aromatic N) is 2. The first-order valence-corrected chi connectivity index (χ1v) is 7.82. The first kappa shape index (κ1) is 14.6. The van der Waals surface area contributed by atoms with Gasteiger partial charge in [0.2, 0.25) is 5.91 Å². The van der Waals surface area contributed by atoms with Crippen LogP contribution in [0.25, 0.3) is 5.69 Å². The van der Waals surface area contributed by atoms with E-state index in [2.05, 4.69) is 22.5 Å². The third kappa shape index (κ3) is 2.48. The average Bonchev–Trinajstić information content (AvgIpc) is 2.99. The van der Waals surface area contributed by atoms with Gasteiger partial charge in [0.1, 0.15) is 11.6 Å². The lowest BCUT2D eigenvalue weighted by molar-refractivity contribution is -0.116. The van der Waals surface area contributed by atoms with Gasteiger partial charge in [0.25, 0.3) is 0 Å². The molecule has 1 unspecified atom stereocenters. The molecule has 1 amide bonds. The number of fused-ring (bicyclic) bond motifs is 1. The van der Waals surface area contributed by atoms with E-state index in [0.29, 0.717) is 17.9 Å². The van der Waals surface area contributed by atoms with Crippen molar-refractivity contribution in [1.29, 1.82) is 0 Å². The van der Waals surface area contributed by atoms with Gasteiger partial charge < -0.3 is 5.32 Å². The molecule has 0 spiro atoms. The average molecular weight is 321 g/mol. The molecule has 0 aliphatic carbocycles. The van der Waals surface area contributed by atoms with E-state index in [1.165, 1.54) is 17.7 Å². The van der Waals surface area contributed by atoms with E-state index in [1.807, 2.05) is 19.1 Å². The molecule has 3 aromatic rings. The number of nitrogens with one attached hydrogen (secondary N) is 1. The van der Waals surface area contributed by atoms with Gasteiger partial charge >= 0.3 is 0 Å². The third-order valence-electron chi connectivity index (χ3n) is 4.37. The molecule has 2 heterocycles. The van der Waals surface area contributed by atoms with E-state index in [9.17, 15) is 9.18 Å². The summed E-state index contributed by atoms with van der Waals surface area (Å²) in [5, 5.41) is 7.31. The van der Waals surface area contributed by atoms with Crippen molar-refractivity contribution >= 4 is 11.7 Å². The summed E-state index contributed by atoms with van der Waals surface area (Å²) < 4.78 is 14.8. The van der Waals surface area contributed by atoms with E-state index in [1.54, 1.807) is 23.0 Å². The minimum atomic E-state index is -0.304. The van der Waals surface area contributed by atoms with Crippen LogP contribution in [-0.2, 0) is 4.79 Å². The Bertz CT molecular complexity index is 897. The van der Waals surface area contributed by atoms with Gasteiger partial charge in [-0.1, -0.05) is 29.8 Å². The van der Waals surface area contributed by atoms with Crippen LogP contribution in [0.15, 0.2) is 54.7 Å². The fourth-order valence-corrected chi connectivity index (χ4v) is 3.09. The minimum absolute atomic E-state index is 0.0245. The molecule has 0 saturated carbocycles. The number of hydrogen-bond donors (Lipinski definition) is 1. The molecule has 120 valence electrons. The molecule has 1 aromatic heterocycles. The van der Waals surface area contributed by atoms with Crippen molar-refractivity contribution in [3.63, 3.8) is 0 Å². The monoisotopic (exact) mass is 321 g/mol. The predicted octanol–water partition coefficient (Wildman–Crippen LogP) is 3.79. The van der Waals surface area contributed by atoms with Gasteiger partial charge in [-0.2, -0.15) is 5.10 Å². The molecule has 1 N–H and O–H groups in total. The number of aromatic nitrogens is 2. The SMILES string of the molecule is Cc1ccc(C2CC(=O)Nc3c2cnn3-c2ccc(F)cc2)cc1. The van der Waals surface area contributed by atoms with Gasteiger partial charge in [-0.15, -0.1) is 0 Å². The molecule has 5 heteroatoms. The minimum Gasteiger partial charge on any atom is -0.310 e. The second-order valence-electron chi connectivity index (χ2n) is 6.05. The summed E-state index contributed by atoms with van der Waals surface area (Å²) in [5.74, 6) is 0.283. The van der Waals surface area contributed by atoms with Crippen LogP contribution < -0.4 is 5.32 Å². The molecule has 0 fully saturated rings. The van der Waals surface area contributed by atoms with Crippen LogP contribution >= 0.6 is 0 Å². The van der Waals surface area contributed by atoms with Crippen molar-refractivity contribution < 1.29 is 9.18 Å². The Morgan fingerprint density at radius 1 is 1.12 bits per heavy atom. The number of aryl methyl sites for hydroxylation is 1. The zero-order chi connectivity index (χ0) is 16.7. The van der Waals surface area contributed by atoms with Crippen molar-refractivity contribution in [2.45, 2.75) is 19.3 Å². The zero-order valence-corrected chi connectivity index (χ0v) is 13.2. The largest absolute Gasteiger partial charge is 0.310 e. The van der Waals surface area contributed by atoms with E-state index >= 15 is 0 Å². The molecule has 1 aliphatic heterocycles. The highest BCUT2D eigenvalue weighted by Crippen LogP contribution is 2.38. The van der Waals surface area contributed by atoms with E-state index in [-0.39, 0.29) is 17.6 Å². The van der Waals surface area contributed by atoms with Crippen LogP contribution in [0.5, 0.6) is 0 Å². The van der Waals surface area contributed by atoms with Crippen LogP contribution in [0.3, 0.4) is 0 Å². The van der Waals surface area contributed by atoms with Crippen LogP contribution in [0, 0.1) is 12.7 Å². The van der Waals surface area contributed by atoms with Gasteiger partial charge in [0, 0.05) is 17.9 Å². The van der Waals surface area contributed by atoms with Crippen molar-refractivity contribution in [3.8, 4) is 5.69 Å². The molecule has 24 heavy (non-hydrogen) atoms. The first-order chi connectivity index (χ1) is 11.6. The Balaban J connectivity index is 1.80. The van der Waals surface area contributed by atoms with Crippen LogP contribution in [0.2, 0.25) is 0 Å². The number of carbonyl (C=O) groups is 1. The zero-order valence-electron chi connectivity index (χ0n) is 13.2. The summed E-state index contributed by atoms with van der Waals surface area (Å²) >= 11 is 0. The second kappa shape index (κ2) is 5.60. The fourth-order valence-electron chi connectivity index (χ4n) is 3.09. The summed E-state index contributed by atoms with van der Waals surface area (Å²) in [6.45, 7) is 2.04.